The Morgan fingerprint density at radius 2 is 1.83 bits per heavy atom. The number of nitrogens with two attached hydrogens (primary N) is 2. The number of carbonyl (C=O) groups is 3. The van der Waals surface area contributed by atoms with Crippen LogP contribution in [0.5, 0.6) is 0 Å². The van der Waals surface area contributed by atoms with Crippen molar-refractivity contribution in [1.29, 1.82) is 0 Å². The molecule has 0 aromatic heterocycles. The van der Waals surface area contributed by atoms with Gasteiger partial charge in [-0.1, -0.05) is 0 Å². The van der Waals surface area contributed by atoms with Crippen molar-refractivity contribution in [2.45, 2.75) is 12.5 Å². The highest BCUT2D eigenvalue weighted by Crippen LogP contribution is 1.88. The first-order valence-electron chi connectivity index (χ1n) is 2.98. The Hall–Kier alpha value is -1.79. The molecule has 0 aromatic carbocycles. The van der Waals surface area contributed by atoms with Gasteiger partial charge in [0.15, 0.2) is 0 Å². The summed E-state index contributed by atoms with van der Waals surface area (Å²) in [6.45, 7) is 0. The summed E-state index contributed by atoms with van der Waals surface area (Å²) >= 11 is 0. The first kappa shape index (κ1) is 10.2. The first-order chi connectivity index (χ1) is 5.43. The highest BCUT2D eigenvalue weighted by molar-refractivity contribution is 5.86. The van der Waals surface area contributed by atoms with E-state index in [1.165, 1.54) is 0 Å². The lowest BCUT2D eigenvalue weighted by atomic mass is 10.2. The van der Waals surface area contributed by atoms with Gasteiger partial charge in [0.25, 0.3) is 0 Å². The third-order valence-electron chi connectivity index (χ3n) is 1.01. The molecule has 1 atom stereocenters. The molecule has 0 fully saturated rings. The summed E-state index contributed by atoms with van der Waals surface area (Å²) in [6, 6.07) is -2.51. The van der Waals surface area contributed by atoms with Crippen LogP contribution in [0.4, 0.5) is 4.79 Å². The predicted octanol–water partition coefficient (Wildman–Crippen LogP) is -3.35. The van der Waals surface area contributed by atoms with E-state index < -0.39 is 30.4 Å². The number of nitrogens with one attached hydrogen (secondary N) is 1. The van der Waals surface area contributed by atoms with Crippen molar-refractivity contribution in [1.82, 2.24) is 5.32 Å². The van der Waals surface area contributed by atoms with E-state index in [1.807, 2.05) is 0 Å². The van der Waals surface area contributed by atoms with E-state index in [4.69, 9.17) is 0 Å². The van der Waals surface area contributed by atoms with Crippen LogP contribution in [0.15, 0.2) is 0 Å². The Balaban J connectivity index is 4.14. The molecule has 0 heterocycles. The lowest BCUT2D eigenvalue weighted by Gasteiger charge is -2.15. The minimum absolute atomic E-state index is 0.536. The fraction of sp³-hybridized carbons (Fsp3) is 0.400. The van der Waals surface area contributed by atoms with Crippen LogP contribution in [0.25, 0.3) is 0 Å². The summed E-state index contributed by atoms with van der Waals surface area (Å²) in [4.78, 5) is 30.6. The average Bonchev–Trinajstić information content (AvgIpc) is 1.83. The zero-order chi connectivity index (χ0) is 9.72. The van der Waals surface area contributed by atoms with Crippen LogP contribution in [-0.2, 0) is 9.59 Å². The molecule has 0 bridgehead atoms. The second-order valence-corrected chi connectivity index (χ2v) is 2.05. The second-order valence-electron chi connectivity index (χ2n) is 2.05. The fourth-order valence-corrected chi connectivity index (χ4v) is 0.566. The van der Waals surface area contributed by atoms with Gasteiger partial charge in [-0.25, -0.2) is 4.79 Å². The van der Waals surface area contributed by atoms with E-state index in [0.29, 0.717) is 0 Å². The van der Waals surface area contributed by atoms with Crippen molar-refractivity contribution in [3.8, 4) is 0 Å². The molecular weight excluding hydrogens is 166 g/mol. The van der Waals surface area contributed by atoms with Crippen LogP contribution in [0, 0.1) is 0 Å². The van der Waals surface area contributed by atoms with Crippen molar-refractivity contribution < 1.29 is 19.5 Å². The van der Waals surface area contributed by atoms with Crippen molar-refractivity contribution >= 4 is 17.9 Å². The van der Waals surface area contributed by atoms with Gasteiger partial charge in [0, 0.05) is 0 Å². The number of rotatable bonds is 4. The number of hydrogen-bond donors (Lipinski definition) is 3. The van der Waals surface area contributed by atoms with Gasteiger partial charge in [-0.05, 0) is 0 Å². The Kier molecular flexibility index (Phi) is 3.54. The van der Waals surface area contributed by atoms with Crippen molar-refractivity contribution in [3.05, 3.63) is 0 Å². The van der Waals surface area contributed by atoms with Gasteiger partial charge in [0.2, 0.25) is 5.91 Å². The molecule has 0 saturated heterocycles. The molecular formula is C5H8N3O4-. The van der Waals surface area contributed by atoms with Crippen molar-refractivity contribution in [2.24, 2.45) is 11.5 Å². The maximum Gasteiger partial charge on any atom is 0.312 e. The maximum atomic E-state index is 10.2. The van der Waals surface area contributed by atoms with Gasteiger partial charge in [-0.3, -0.25) is 4.79 Å². The number of urea groups is 1. The topological polar surface area (TPSA) is 138 Å². The third kappa shape index (κ3) is 4.09. The minimum Gasteiger partial charge on any atom is -0.548 e. The largest absolute Gasteiger partial charge is 0.548 e. The highest BCUT2D eigenvalue weighted by Gasteiger charge is 2.13. The lowest BCUT2D eigenvalue weighted by Crippen LogP contribution is -2.51. The normalized spacial score (nSPS) is 11.7. The van der Waals surface area contributed by atoms with Gasteiger partial charge in [0.1, 0.15) is 0 Å². The van der Waals surface area contributed by atoms with Crippen LogP contribution in [0.2, 0.25) is 0 Å². The maximum absolute atomic E-state index is 10.2. The summed E-state index contributed by atoms with van der Waals surface area (Å²) in [7, 11) is 0. The van der Waals surface area contributed by atoms with Gasteiger partial charge in [0.05, 0.1) is 18.4 Å². The fourth-order valence-electron chi connectivity index (χ4n) is 0.566. The van der Waals surface area contributed by atoms with Crippen molar-refractivity contribution in [2.75, 3.05) is 0 Å². The highest BCUT2D eigenvalue weighted by atomic mass is 16.4. The molecule has 0 spiro atoms. The summed E-state index contributed by atoms with van der Waals surface area (Å²) in [5.74, 6) is -2.47. The van der Waals surface area contributed by atoms with Gasteiger partial charge >= 0.3 is 6.03 Å². The molecule has 0 radical (unpaired) electrons. The molecule has 0 aromatic rings. The Labute approximate surface area is 67.7 Å². The number of carboxylic acids is 1. The minimum atomic E-state index is -1.60. The van der Waals surface area contributed by atoms with Gasteiger partial charge in [-0.15, -0.1) is 0 Å². The molecule has 5 N–H and O–H groups in total. The number of carboxylic acid groups (broad SMARTS) is 1. The molecule has 68 valence electrons. The zero-order valence-electron chi connectivity index (χ0n) is 6.07. The molecule has 0 unspecified atom stereocenters. The van der Waals surface area contributed by atoms with Gasteiger partial charge < -0.3 is 26.7 Å². The van der Waals surface area contributed by atoms with E-state index in [2.05, 4.69) is 11.5 Å². The van der Waals surface area contributed by atoms with Crippen LogP contribution < -0.4 is 21.9 Å². The molecule has 0 aliphatic rings. The van der Waals surface area contributed by atoms with E-state index in [9.17, 15) is 19.5 Å². The monoisotopic (exact) mass is 174 g/mol. The molecule has 0 rings (SSSR count). The third-order valence-corrected chi connectivity index (χ3v) is 1.01. The number of primary amides is 2. The van der Waals surface area contributed by atoms with Crippen molar-refractivity contribution in [3.63, 3.8) is 0 Å². The number of carbonyl (C=O) groups excluding carboxylic acids is 3. The number of aliphatic carboxylic acids is 1. The summed E-state index contributed by atoms with van der Waals surface area (Å²) < 4.78 is 0. The summed E-state index contributed by atoms with van der Waals surface area (Å²) in [5.41, 5.74) is 9.30. The molecule has 0 saturated carbocycles. The summed E-state index contributed by atoms with van der Waals surface area (Å²) in [6.07, 6.45) is -0.536. The molecule has 7 heteroatoms. The molecule has 12 heavy (non-hydrogen) atoms. The number of amides is 3. The van der Waals surface area contributed by atoms with E-state index in [0.717, 1.165) is 0 Å². The first-order valence-corrected chi connectivity index (χ1v) is 2.98. The molecule has 7 nitrogen and oxygen atoms in total. The predicted molar refractivity (Wildman–Crippen MR) is 35.3 cm³/mol. The molecule has 3 amide bonds. The Morgan fingerprint density at radius 1 is 1.33 bits per heavy atom. The Morgan fingerprint density at radius 3 is 2.08 bits per heavy atom. The standard InChI is InChI=1S/C5H9N3O4/c6-3(9)1-2(4(10)11)8-5(7)12/h2H,1H2,(H2,6,9)(H,10,11)(H3,7,8,12)/p-1/t2-/m0/s1. The Bertz CT molecular complexity index is 199. The van der Waals surface area contributed by atoms with Gasteiger partial charge in [-0.2, -0.15) is 0 Å². The van der Waals surface area contributed by atoms with Crippen LogP contribution in [0.1, 0.15) is 6.42 Å². The van der Waals surface area contributed by atoms with Crippen LogP contribution in [-0.4, -0.2) is 23.9 Å². The number of hydrogen-bond acceptors (Lipinski definition) is 4. The summed E-state index contributed by atoms with van der Waals surface area (Å²) in [5, 5.41) is 12.0. The van der Waals surface area contributed by atoms with E-state index in [1.54, 1.807) is 5.32 Å². The van der Waals surface area contributed by atoms with E-state index >= 15 is 0 Å². The molecule has 0 aliphatic heterocycles. The lowest BCUT2D eigenvalue weighted by molar-refractivity contribution is -0.308. The molecule has 0 aliphatic carbocycles. The zero-order valence-corrected chi connectivity index (χ0v) is 6.07. The van der Waals surface area contributed by atoms with E-state index in [-0.39, 0.29) is 0 Å². The quantitative estimate of drug-likeness (QED) is 0.409. The average molecular weight is 174 g/mol. The van der Waals surface area contributed by atoms with Crippen LogP contribution in [0.3, 0.4) is 0 Å². The second kappa shape index (κ2) is 4.16. The SMILES string of the molecule is NC(=O)C[C@H](NC(N)=O)C(=O)[O-]. The smallest absolute Gasteiger partial charge is 0.312 e. The van der Waals surface area contributed by atoms with Crippen LogP contribution >= 0.6 is 0 Å².